The maximum Gasteiger partial charge on any atom is 0.236 e. The summed E-state index contributed by atoms with van der Waals surface area (Å²) in [7, 11) is 5.38. The Morgan fingerprint density at radius 1 is 1.43 bits per heavy atom. The summed E-state index contributed by atoms with van der Waals surface area (Å²) in [6.07, 6.45) is 0.645. The van der Waals surface area contributed by atoms with Crippen molar-refractivity contribution in [3.8, 4) is 0 Å². The van der Waals surface area contributed by atoms with E-state index in [0.29, 0.717) is 18.0 Å². The van der Waals surface area contributed by atoms with Crippen LogP contribution in [0.25, 0.3) is 0 Å². The summed E-state index contributed by atoms with van der Waals surface area (Å²) in [5, 5.41) is 0. The minimum Gasteiger partial charge on any atom is -0.393 e. The fraction of sp³-hybridized carbons (Fsp3) is 0.778. The van der Waals surface area contributed by atoms with Crippen LogP contribution in [0.4, 0.5) is 0 Å². The average molecular weight is 217 g/mol. The Labute approximate surface area is 91.0 Å². The lowest BCUT2D eigenvalue weighted by molar-refractivity contribution is -0.130. The van der Waals surface area contributed by atoms with Crippen LogP contribution in [-0.4, -0.2) is 54.4 Å². The zero-order valence-corrected chi connectivity index (χ0v) is 10.1. The molecule has 5 heteroatoms. The molecule has 0 fully saturated rings. The number of likely N-dealkylation sites (N-methyl/N-ethyl adjacent to an activating group) is 2. The fourth-order valence-electron chi connectivity index (χ4n) is 0.958. The van der Waals surface area contributed by atoms with Crippen LogP contribution in [0.3, 0.4) is 0 Å². The van der Waals surface area contributed by atoms with Crippen molar-refractivity contribution < 1.29 is 4.79 Å². The number of carbonyl (C=O) groups excluding carboxylic acids is 1. The predicted octanol–water partition coefficient (Wildman–Crippen LogP) is 0.0711. The van der Waals surface area contributed by atoms with Crippen LogP contribution in [0.1, 0.15) is 13.3 Å². The molecule has 0 radical (unpaired) electrons. The molecular weight excluding hydrogens is 198 g/mol. The normalized spacial score (nSPS) is 12.6. The third-order valence-corrected chi connectivity index (χ3v) is 2.30. The zero-order chi connectivity index (χ0) is 11.3. The van der Waals surface area contributed by atoms with E-state index in [1.165, 1.54) is 0 Å². The summed E-state index contributed by atoms with van der Waals surface area (Å²) in [4.78, 5) is 15.4. The number of thiocarbonyl (C=S) groups is 1. The number of rotatable bonds is 5. The molecule has 0 aliphatic carbocycles. The van der Waals surface area contributed by atoms with Crippen LogP contribution in [0.15, 0.2) is 0 Å². The lowest BCUT2D eigenvalue weighted by atomic mass is 10.2. The summed E-state index contributed by atoms with van der Waals surface area (Å²) in [5.41, 5.74) is 5.43. The molecule has 0 aromatic heterocycles. The highest BCUT2D eigenvalue weighted by Gasteiger charge is 2.14. The van der Waals surface area contributed by atoms with Gasteiger partial charge < -0.3 is 10.6 Å². The van der Waals surface area contributed by atoms with Gasteiger partial charge in [0.05, 0.1) is 11.5 Å². The number of amides is 1. The summed E-state index contributed by atoms with van der Waals surface area (Å²) in [6.45, 7) is 2.40. The lowest BCUT2D eigenvalue weighted by Gasteiger charge is -2.24. The number of hydrogen-bond acceptors (Lipinski definition) is 3. The molecule has 2 N–H and O–H groups in total. The first-order valence-corrected chi connectivity index (χ1v) is 4.94. The van der Waals surface area contributed by atoms with Crippen LogP contribution in [0.2, 0.25) is 0 Å². The minimum absolute atomic E-state index is 0.0855. The molecule has 1 amide bonds. The molecule has 0 saturated carbocycles. The molecule has 14 heavy (non-hydrogen) atoms. The van der Waals surface area contributed by atoms with Gasteiger partial charge in [0.2, 0.25) is 5.91 Å². The second kappa shape index (κ2) is 5.93. The summed E-state index contributed by atoms with van der Waals surface area (Å²) >= 11 is 4.81. The van der Waals surface area contributed by atoms with E-state index in [-0.39, 0.29) is 11.9 Å². The van der Waals surface area contributed by atoms with Crippen LogP contribution >= 0.6 is 12.2 Å². The van der Waals surface area contributed by atoms with Crippen molar-refractivity contribution in [2.75, 3.05) is 27.7 Å². The first-order chi connectivity index (χ1) is 6.34. The van der Waals surface area contributed by atoms with Crippen LogP contribution < -0.4 is 5.73 Å². The molecule has 0 rings (SSSR count). The summed E-state index contributed by atoms with van der Waals surface area (Å²) in [6, 6.07) is 0.205. The van der Waals surface area contributed by atoms with Crippen molar-refractivity contribution in [1.29, 1.82) is 0 Å². The second-order valence-electron chi connectivity index (χ2n) is 3.72. The second-order valence-corrected chi connectivity index (χ2v) is 4.25. The van der Waals surface area contributed by atoms with Gasteiger partial charge in [0.1, 0.15) is 0 Å². The van der Waals surface area contributed by atoms with E-state index in [2.05, 4.69) is 0 Å². The van der Waals surface area contributed by atoms with E-state index in [9.17, 15) is 4.79 Å². The molecule has 0 bridgehead atoms. The van der Waals surface area contributed by atoms with Crippen molar-refractivity contribution >= 4 is 23.1 Å². The van der Waals surface area contributed by atoms with Gasteiger partial charge in [-0.15, -0.1) is 0 Å². The summed E-state index contributed by atoms with van der Waals surface area (Å²) in [5.74, 6) is 0.0855. The smallest absolute Gasteiger partial charge is 0.236 e. The number of nitrogens with two attached hydrogens (primary N) is 1. The van der Waals surface area contributed by atoms with Gasteiger partial charge >= 0.3 is 0 Å². The standard InChI is InChI=1S/C9H19N3OS/c1-7(5-8(10)14)12(4)6-9(13)11(2)3/h7H,5-6H2,1-4H3,(H2,10,14). The molecule has 0 spiro atoms. The maximum absolute atomic E-state index is 11.4. The van der Waals surface area contributed by atoms with Crippen molar-refractivity contribution in [2.24, 2.45) is 5.73 Å². The Bertz CT molecular complexity index is 218. The molecule has 4 nitrogen and oxygen atoms in total. The molecule has 1 unspecified atom stereocenters. The van der Waals surface area contributed by atoms with E-state index in [1.807, 2.05) is 18.9 Å². The molecule has 0 aliphatic rings. The quantitative estimate of drug-likeness (QED) is 0.662. The largest absolute Gasteiger partial charge is 0.393 e. The van der Waals surface area contributed by atoms with E-state index >= 15 is 0 Å². The molecule has 1 atom stereocenters. The Morgan fingerprint density at radius 2 is 1.93 bits per heavy atom. The highest BCUT2D eigenvalue weighted by Crippen LogP contribution is 2.01. The number of hydrogen-bond donors (Lipinski definition) is 1. The van der Waals surface area contributed by atoms with E-state index in [1.54, 1.807) is 19.0 Å². The van der Waals surface area contributed by atoms with Crippen LogP contribution in [0, 0.1) is 0 Å². The topological polar surface area (TPSA) is 49.6 Å². The molecule has 0 heterocycles. The van der Waals surface area contributed by atoms with E-state index in [0.717, 1.165) is 0 Å². The molecule has 0 aromatic carbocycles. The maximum atomic E-state index is 11.4. The van der Waals surface area contributed by atoms with Gasteiger partial charge in [0, 0.05) is 26.6 Å². The molecule has 82 valence electrons. The highest BCUT2D eigenvalue weighted by atomic mass is 32.1. The Kier molecular flexibility index (Phi) is 5.64. The summed E-state index contributed by atoms with van der Waals surface area (Å²) < 4.78 is 0. The molecule has 0 saturated heterocycles. The third-order valence-electron chi connectivity index (χ3n) is 2.13. The third kappa shape index (κ3) is 5.14. The van der Waals surface area contributed by atoms with Crippen LogP contribution in [-0.2, 0) is 4.79 Å². The van der Waals surface area contributed by atoms with Crippen molar-refractivity contribution in [3.63, 3.8) is 0 Å². The van der Waals surface area contributed by atoms with Gasteiger partial charge in [-0.05, 0) is 14.0 Å². The monoisotopic (exact) mass is 217 g/mol. The lowest BCUT2D eigenvalue weighted by Crippen LogP contribution is -2.40. The van der Waals surface area contributed by atoms with Crippen molar-refractivity contribution in [1.82, 2.24) is 9.80 Å². The Balaban J connectivity index is 4.00. The number of carbonyl (C=O) groups is 1. The molecule has 0 aromatic rings. The van der Waals surface area contributed by atoms with Gasteiger partial charge in [-0.25, -0.2) is 0 Å². The Morgan fingerprint density at radius 3 is 2.29 bits per heavy atom. The predicted molar refractivity (Wildman–Crippen MR) is 62.2 cm³/mol. The molecule has 0 aliphatic heterocycles. The van der Waals surface area contributed by atoms with Gasteiger partial charge in [-0.2, -0.15) is 0 Å². The fourth-order valence-corrected chi connectivity index (χ4v) is 1.20. The van der Waals surface area contributed by atoms with E-state index < -0.39 is 0 Å². The van der Waals surface area contributed by atoms with Crippen molar-refractivity contribution in [2.45, 2.75) is 19.4 Å². The van der Waals surface area contributed by atoms with Gasteiger partial charge in [0.25, 0.3) is 0 Å². The zero-order valence-electron chi connectivity index (χ0n) is 9.28. The first kappa shape index (κ1) is 13.3. The SMILES string of the molecule is CC(CC(N)=S)N(C)CC(=O)N(C)C. The number of nitrogens with zero attached hydrogens (tertiary/aromatic N) is 2. The molecular formula is C9H19N3OS. The first-order valence-electron chi connectivity index (χ1n) is 4.53. The average Bonchev–Trinajstić information content (AvgIpc) is 2.02. The van der Waals surface area contributed by atoms with Gasteiger partial charge in [-0.1, -0.05) is 12.2 Å². The van der Waals surface area contributed by atoms with Crippen molar-refractivity contribution in [3.05, 3.63) is 0 Å². The van der Waals surface area contributed by atoms with Gasteiger partial charge in [-0.3, -0.25) is 9.69 Å². The Hall–Kier alpha value is -0.680. The van der Waals surface area contributed by atoms with E-state index in [4.69, 9.17) is 18.0 Å². The van der Waals surface area contributed by atoms with Crippen LogP contribution in [0.5, 0.6) is 0 Å². The van der Waals surface area contributed by atoms with Gasteiger partial charge in [0.15, 0.2) is 0 Å². The highest BCUT2D eigenvalue weighted by molar-refractivity contribution is 7.80. The minimum atomic E-state index is 0.0855.